The minimum atomic E-state index is -0.284. The summed E-state index contributed by atoms with van der Waals surface area (Å²) in [5.41, 5.74) is 1.08. The predicted molar refractivity (Wildman–Crippen MR) is 121 cm³/mol. The number of Topliss-reactive ketones (excluding diaryl/α,β-unsaturated/α-hetero) is 1. The fourth-order valence-electron chi connectivity index (χ4n) is 2.82. The Labute approximate surface area is 185 Å². The van der Waals surface area contributed by atoms with Crippen LogP contribution in [0.1, 0.15) is 16.8 Å². The highest BCUT2D eigenvalue weighted by Gasteiger charge is 2.12. The molecule has 0 saturated carbocycles. The molecular weight excluding hydrogens is 434 g/mol. The molecule has 4 rings (SSSR count). The number of rotatable bonds is 8. The number of para-hydroxylation sites is 1. The van der Waals surface area contributed by atoms with Crippen LogP contribution < -0.4 is 10.9 Å². The quantitative estimate of drug-likeness (QED) is 0.249. The maximum absolute atomic E-state index is 12.5. The van der Waals surface area contributed by atoms with Gasteiger partial charge < -0.3 is 5.32 Å². The summed E-state index contributed by atoms with van der Waals surface area (Å²) in [5.74, 6) is -0.0428. The Balaban J connectivity index is 1.30. The van der Waals surface area contributed by atoms with Gasteiger partial charge in [-0.3, -0.25) is 19.0 Å². The molecule has 0 bridgehead atoms. The van der Waals surface area contributed by atoms with Crippen LogP contribution in [0, 0.1) is 0 Å². The van der Waals surface area contributed by atoms with Gasteiger partial charge in [0.05, 0.1) is 23.0 Å². The zero-order valence-electron chi connectivity index (χ0n) is 16.2. The first kappa shape index (κ1) is 20.9. The fraction of sp³-hybridized carbons (Fsp3) is 0.143. The number of amides is 1. The van der Waals surface area contributed by atoms with Crippen LogP contribution in [0.5, 0.6) is 0 Å². The molecule has 8 nitrogen and oxygen atoms in total. The van der Waals surface area contributed by atoms with Gasteiger partial charge in [0.1, 0.15) is 0 Å². The average Bonchev–Trinajstić information content (AvgIpc) is 3.25. The number of benzene rings is 2. The number of aryl methyl sites for hydroxylation is 1. The molecule has 0 unspecified atom stereocenters. The summed E-state index contributed by atoms with van der Waals surface area (Å²) in [4.78, 5) is 41.1. The molecule has 0 spiro atoms. The summed E-state index contributed by atoms with van der Waals surface area (Å²) in [6, 6.07) is 16.1. The topological polar surface area (TPSA) is 107 Å². The third-order valence-corrected chi connectivity index (χ3v) is 6.36. The van der Waals surface area contributed by atoms with Gasteiger partial charge >= 0.3 is 0 Å². The van der Waals surface area contributed by atoms with Crippen LogP contribution in [-0.4, -0.2) is 37.2 Å². The lowest BCUT2D eigenvalue weighted by molar-refractivity contribution is -0.116. The van der Waals surface area contributed by atoms with E-state index in [4.69, 9.17) is 0 Å². The van der Waals surface area contributed by atoms with Crippen LogP contribution in [0.25, 0.3) is 10.9 Å². The standard InChI is InChI=1S/C21H17N5O3S2/c27-17(14-6-2-1-3-7-14)12-30-21-25-24-20(31-21)23-18(28)10-11-26-13-22-16-9-5-4-8-15(16)19(26)29/h1-9,13H,10-12H2,(H,23,24,28). The number of thioether (sulfide) groups is 1. The van der Waals surface area contributed by atoms with Crippen molar-refractivity contribution in [2.24, 2.45) is 0 Å². The average molecular weight is 452 g/mol. The Morgan fingerprint density at radius 3 is 2.65 bits per heavy atom. The molecular formula is C21H17N5O3S2. The van der Waals surface area contributed by atoms with Crippen LogP contribution in [0.4, 0.5) is 5.13 Å². The van der Waals surface area contributed by atoms with Crippen LogP contribution in [0.3, 0.4) is 0 Å². The number of hydrogen-bond donors (Lipinski definition) is 1. The molecule has 4 aromatic rings. The van der Waals surface area contributed by atoms with E-state index in [1.807, 2.05) is 24.3 Å². The van der Waals surface area contributed by atoms with E-state index in [1.165, 1.54) is 34.0 Å². The van der Waals surface area contributed by atoms with Crippen molar-refractivity contribution in [3.63, 3.8) is 0 Å². The van der Waals surface area contributed by atoms with Gasteiger partial charge in [0.2, 0.25) is 11.0 Å². The SMILES string of the molecule is O=C(CCn1cnc2ccccc2c1=O)Nc1nnc(SCC(=O)c2ccccc2)s1. The van der Waals surface area contributed by atoms with Gasteiger partial charge in [-0.15, -0.1) is 10.2 Å². The molecule has 10 heteroatoms. The number of fused-ring (bicyclic) bond motifs is 1. The molecule has 0 aliphatic rings. The second kappa shape index (κ2) is 9.63. The van der Waals surface area contributed by atoms with Gasteiger partial charge in [-0.1, -0.05) is 65.6 Å². The highest BCUT2D eigenvalue weighted by atomic mass is 32.2. The lowest BCUT2D eigenvalue weighted by atomic mass is 10.2. The largest absolute Gasteiger partial charge is 0.300 e. The van der Waals surface area contributed by atoms with Crippen molar-refractivity contribution < 1.29 is 9.59 Å². The molecule has 0 fully saturated rings. The Kier molecular flexibility index (Phi) is 6.48. The van der Waals surface area contributed by atoms with Gasteiger partial charge in [-0.25, -0.2) is 4.98 Å². The van der Waals surface area contributed by atoms with Crippen LogP contribution >= 0.6 is 23.1 Å². The number of hydrogen-bond acceptors (Lipinski definition) is 8. The van der Waals surface area contributed by atoms with E-state index in [9.17, 15) is 14.4 Å². The molecule has 0 aliphatic carbocycles. The number of carbonyl (C=O) groups is 2. The molecule has 31 heavy (non-hydrogen) atoms. The number of nitrogens with zero attached hydrogens (tertiary/aromatic N) is 4. The van der Waals surface area contributed by atoms with Crippen LogP contribution in [-0.2, 0) is 11.3 Å². The minimum absolute atomic E-state index is 0.000761. The van der Waals surface area contributed by atoms with E-state index in [0.29, 0.717) is 25.9 Å². The van der Waals surface area contributed by atoms with E-state index in [1.54, 1.807) is 30.3 Å². The van der Waals surface area contributed by atoms with Crippen molar-refractivity contribution in [1.29, 1.82) is 0 Å². The lowest BCUT2D eigenvalue weighted by Crippen LogP contribution is -2.23. The first-order valence-electron chi connectivity index (χ1n) is 9.39. The van der Waals surface area contributed by atoms with Crippen molar-refractivity contribution in [2.75, 3.05) is 11.1 Å². The van der Waals surface area contributed by atoms with Gasteiger partial charge in [-0.2, -0.15) is 0 Å². The molecule has 2 aromatic carbocycles. The highest BCUT2D eigenvalue weighted by molar-refractivity contribution is 8.01. The summed E-state index contributed by atoms with van der Waals surface area (Å²) in [5, 5.41) is 11.5. The zero-order valence-corrected chi connectivity index (χ0v) is 17.9. The van der Waals surface area contributed by atoms with Crippen molar-refractivity contribution in [3.05, 3.63) is 76.8 Å². The van der Waals surface area contributed by atoms with E-state index in [-0.39, 0.29) is 36.0 Å². The van der Waals surface area contributed by atoms with Gasteiger partial charge in [0.25, 0.3) is 5.56 Å². The van der Waals surface area contributed by atoms with Gasteiger partial charge in [0, 0.05) is 18.5 Å². The zero-order chi connectivity index (χ0) is 21.6. The van der Waals surface area contributed by atoms with E-state index < -0.39 is 0 Å². The summed E-state index contributed by atoms with van der Waals surface area (Å²) < 4.78 is 2.01. The number of carbonyl (C=O) groups excluding carboxylic acids is 2. The fourth-order valence-corrected chi connectivity index (χ4v) is 4.49. The van der Waals surface area contributed by atoms with Gasteiger partial charge in [0.15, 0.2) is 10.1 Å². The first-order chi connectivity index (χ1) is 15.1. The van der Waals surface area contributed by atoms with Crippen molar-refractivity contribution >= 4 is 50.8 Å². The molecule has 1 N–H and O–H groups in total. The van der Waals surface area contributed by atoms with Crippen LogP contribution in [0.2, 0.25) is 0 Å². The third-order valence-electron chi connectivity index (χ3n) is 4.39. The monoisotopic (exact) mass is 451 g/mol. The van der Waals surface area contributed by atoms with E-state index in [2.05, 4.69) is 20.5 Å². The number of aromatic nitrogens is 4. The maximum Gasteiger partial charge on any atom is 0.261 e. The Bertz CT molecular complexity index is 1290. The normalized spacial score (nSPS) is 10.8. The molecule has 2 heterocycles. The van der Waals surface area contributed by atoms with Crippen molar-refractivity contribution in [3.8, 4) is 0 Å². The molecule has 0 radical (unpaired) electrons. The third kappa shape index (κ3) is 5.22. The number of anilines is 1. The first-order valence-corrected chi connectivity index (χ1v) is 11.2. The molecule has 0 atom stereocenters. The molecule has 156 valence electrons. The van der Waals surface area contributed by atoms with E-state index >= 15 is 0 Å². The highest BCUT2D eigenvalue weighted by Crippen LogP contribution is 2.26. The summed E-state index contributed by atoms with van der Waals surface area (Å²) in [6.07, 6.45) is 1.54. The Morgan fingerprint density at radius 2 is 1.81 bits per heavy atom. The Hall–Kier alpha value is -3.37. The molecule has 0 saturated heterocycles. The summed E-state index contributed by atoms with van der Waals surface area (Å²) in [7, 11) is 0. The smallest absolute Gasteiger partial charge is 0.261 e. The van der Waals surface area contributed by atoms with Crippen molar-refractivity contribution in [2.45, 2.75) is 17.3 Å². The molecule has 1 amide bonds. The predicted octanol–water partition coefficient (Wildman–Crippen LogP) is 3.25. The van der Waals surface area contributed by atoms with Crippen molar-refractivity contribution in [1.82, 2.24) is 19.7 Å². The maximum atomic E-state index is 12.5. The van der Waals surface area contributed by atoms with Crippen LogP contribution in [0.15, 0.2) is 70.1 Å². The summed E-state index contributed by atoms with van der Waals surface area (Å²) >= 11 is 2.48. The lowest BCUT2D eigenvalue weighted by Gasteiger charge is -2.06. The van der Waals surface area contributed by atoms with Gasteiger partial charge in [-0.05, 0) is 12.1 Å². The minimum Gasteiger partial charge on any atom is -0.300 e. The molecule has 0 aliphatic heterocycles. The Morgan fingerprint density at radius 1 is 1.03 bits per heavy atom. The number of nitrogens with one attached hydrogen (secondary N) is 1. The second-order valence-electron chi connectivity index (χ2n) is 6.51. The second-order valence-corrected chi connectivity index (χ2v) is 8.71. The molecule has 2 aromatic heterocycles. The summed E-state index contributed by atoms with van der Waals surface area (Å²) in [6.45, 7) is 0.203. The van der Waals surface area contributed by atoms with E-state index in [0.717, 1.165) is 0 Å². The number of ketones is 1.